The van der Waals surface area contributed by atoms with Gasteiger partial charge in [0.2, 0.25) is 5.91 Å². The fourth-order valence-electron chi connectivity index (χ4n) is 3.12. The van der Waals surface area contributed by atoms with E-state index < -0.39 is 21.8 Å². The van der Waals surface area contributed by atoms with Crippen LogP contribution in [-0.4, -0.2) is 20.2 Å². The molecule has 0 radical (unpaired) electrons. The quantitative estimate of drug-likeness (QED) is 0.544. The van der Waals surface area contributed by atoms with Crippen molar-refractivity contribution in [2.75, 3.05) is 10.0 Å². The summed E-state index contributed by atoms with van der Waals surface area (Å²) in [4.78, 5) is 24.2. The van der Waals surface area contributed by atoms with Gasteiger partial charge in [-0.1, -0.05) is 24.3 Å². The molecule has 3 rings (SSSR count). The van der Waals surface area contributed by atoms with Crippen LogP contribution < -0.4 is 15.8 Å². The number of sulfonamides is 1. The Balaban J connectivity index is 1.88. The molecule has 0 saturated heterocycles. The van der Waals surface area contributed by atoms with Gasteiger partial charge in [-0.25, -0.2) is 8.42 Å². The first-order valence-corrected chi connectivity index (χ1v) is 11.0. The highest BCUT2D eigenvalue weighted by atomic mass is 32.2. The normalized spacial score (nSPS) is 11.1. The monoisotopic (exact) mass is 437 g/mol. The maximum absolute atomic E-state index is 12.9. The number of nitrogens with one attached hydrogen (secondary N) is 2. The molecule has 3 aromatic carbocycles. The van der Waals surface area contributed by atoms with E-state index in [2.05, 4.69) is 10.0 Å². The Morgan fingerprint density at radius 3 is 2.16 bits per heavy atom. The predicted molar refractivity (Wildman–Crippen MR) is 121 cm³/mol. The topological polar surface area (TPSA) is 118 Å². The number of rotatable bonds is 6. The Hall–Kier alpha value is -3.65. The van der Waals surface area contributed by atoms with Gasteiger partial charge in [-0.15, -0.1) is 0 Å². The maximum Gasteiger partial charge on any atom is 0.261 e. The summed E-state index contributed by atoms with van der Waals surface area (Å²) in [5.41, 5.74) is 8.88. The summed E-state index contributed by atoms with van der Waals surface area (Å²) in [7, 11) is -3.88. The van der Waals surface area contributed by atoms with Gasteiger partial charge in [0.15, 0.2) is 0 Å². The summed E-state index contributed by atoms with van der Waals surface area (Å²) >= 11 is 0. The number of primary amides is 1. The van der Waals surface area contributed by atoms with Crippen LogP contribution in [0.4, 0.5) is 11.4 Å². The van der Waals surface area contributed by atoms with Gasteiger partial charge < -0.3 is 11.1 Å². The van der Waals surface area contributed by atoms with Gasteiger partial charge in [-0.05, 0) is 73.9 Å². The summed E-state index contributed by atoms with van der Waals surface area (Å²) in [5.74, 6) is -1.01. The third-order valence-electron chi connectivity index (χ3n) is 4.90. The van der Waals surface area contributed by atoms with E-state index in [0.717, 1.165) is 5.56 Å². The first-order chi connectivity index (χ1) is 14.6. The SMILES string of the molecule is Cc1ccccc1NS(=O)(=O)c1ccc(C)c(C(=O)Nc2ccc(C(N)=O)c(C)c2)c1. The molecule has 31 heavy (non-hydrogen) atoms. The lowest BCUT2D eigenvalue weighted by atomic mass is 10.1. The summed E-state index contributed by atoms with van der Waals surface area (Å²) in [6.45, 7) is 5.24. The van der Waals surface area contributed by atoms with Crippen molar-refractivity contribution in [3.05, 3.63) is 88.5 Å². The maximum atomic E-state index is 12.9. The second-order valence-electron chi connectivity index (χ2n) is 7.25. The van der Waals surface area contributed by atoms with Crippen LogP contribution in [0.15, 0.2) is 65.6 Å². The minimum absolute atomic E-state index is 0.0215. The Bertz CT molecular complexity index is 1280. The molecular weight excluding hydrogens is 414 g/mol. The lowest BCUT2D eigenvalue weighted by Gasteiger charge is -2.13. The number of carbonyl (C=O) groups excluding carboxylic acids is 2. The average molecular weight is 438 g/mol. The van der Waals surface area contributed by atoms with E-state index in [1.54, 1.807) is 57.2 Å². The van der Waals surface area contributed by atoms with E-state index in [4.69, 9.17) is 5.73 Å². The van der Waals surface area contributed by atoms with Gasteiger partial charge >= 0.3 is 0 Å². The van der Waals surface area contributed by atoms with Crippen molar-refractivity contribution < 1.29 is 18.0 Å². The van der Waals surface area contributed by atoms with Crippen LogP contribution in [0.5, 0.6) is 0 Å². The van der Waals surface area contributed by atoms with Crippen LogP contribution in [0.25, 0.3) is 0 Å². The molecule has 8 heteroatoms. The van der Waals surface area contributed by atoms with Gasteiger partial charge in [-0.2, -0.15) is 0 Å². The van der Waals surface area contributed by atoms with Gasteiger partial charge in [0, 0.05) is 16.8 Å². The summed E-state index contributed by atoms with van der Waals surface area (Å²) in [6.07, 6.45) is 0. The van der Waals surface area contributed by atoms with Crippen LogP contribution in [0.2, 0.25) is 0 Å². The van der Waals surface area contributed by atoms with E-state index in [9.17, 15) is 18.0 Å². The van der Waals surface area contributed by atoms with Crippen molar-refractivity contribution in [3.8, 4) is 0 Å². The fraction of sp³-hybridized carbons (Fsp3) is 0.130. The number of para-hydroxylation sites is 1. The van der Waals surface area contributed by atoms with Gasteiger partial charge in [0.1, 0.15) is 0 Å². The molecule has 0 aliphatic heterocycles. The first kappa shape index (κ1) is 22.0. The van der Waals surface area contributed by atoms with Gasteiger partial charge in [0.05, 0.1) is 10.6 Å². The Morgan fingerprint density at radius 1 is 0.806 bits per heavy atom. The van der Waals surface area contributed by atoms with Crippen LogP contribution in [0, 0.1) is 20.8 Å². The number of carbonyl (C=O) groups is 2. The molecular formula is C23H23N3O4S. The molecule has 0 unspecified atom stereocenters. The zero-order valence-corrected chi connectivity index (χ0v) is 18.2. The molecule has 0 saturated carbocycles. The lowest BCUT2D eigenvalue weighted by Crippen LogP contribution is -2.18. The van der Waals surface area contributed by atoms with E-state index in [1.165, 1.54) is 18.2 Å². The van der Waals surface area contributed by atoms with Crippen LogP contribution in [0.3, 0.4) is 0 Å². The van der Waals surface area contributed by atoms with E-state index in [1.807, 2.05) is 6.07 Å². The van der Waals surface area contributed by atoms with Crippen molar-refractivity contribution in [1.29, 1.82) is 0 Å². The molecule has 160 valence electrons. The van der Waals surface area contributed by atoms with Crippen LogP contribution in [-0.2, 0) is 10.0 Å². The van der Waals surface area contributed by atoms with Crippen molar-refractivity contribution in [3.63, 3.8) is 0 Å². The number of hydrogen-bond acceptors (Lipinski definition) is 4. The minimum atomic E-state index is -3.88. The number of aryl methyl sites for hydroxylation is 3. The number of hydrogen-bond donors (Lipinski definition) is 3. The molecule has 0 heterocycles. The standard InChI is InChI=1S/C23H23N3O4S/c1-14-8-10-18(31(29,30)26-21-7-5-4-6-15(21)2)13-20(14)23(28)25-17-9-11-19(22(24)27)16(3)12-17/h4-13,26H,1-3H3,(H2,24,27)(H,25,28). The van der Waals surface area contributed by atoms with Gasteiger partial charge in [0.25, 0.3) is 15.9 Å². The van der Waals surface area contributed by atoms with Crippen molar-refractivity contribution >= 4 is 33.2 Å². The van der Waals surface area contributed by atoms with E-state index in [0.29, 0.717) is 28.1 Å². The Labute approximate surface area is 181 Å². The zero-order valence-electron chi connectivity index (χ0n) is 17.4. The molecule has 3 aromatic rings. The van der Waals surface area contributed by atoms with Crippen molar-refractivity contribution in [2.45, 2.75) is 25.7 Å². The minimum Gasteiger partial charge on any atom is -0.366 e. The molecule has 2 amide bonds. The molecule has 0 aromatic heterocycles. The first-order valence-electron chi connectivity index (χ1n) is 9.49. The zero-order chi connectivity index (χ0) is 22.8. The second-order valence-corrected chi connectivity index (χ2v) is 8.93. The number of anilines is 2. The average Bonchev–Trinajstić information content (AvgIpc) is 2.69. The van der Waals surface area contributed by atoms with Crippen LogP contribution >= 0.6 is 0 Å². The van der Waals surface area contributed by atoms with E-state index >= 15 is 0 Å². The highest BCUT2D eigenvalue weighted by molar-refractivity contribution is 7.92. The predicted octanol–water partition coefficient (Wildman–Crippen LogP) is 3.76. The summed E-state index contributed by atoms with van der Waals surface area (Å²) in [5, 5.41) is 2.74. The molecule has 0 bridgehead atoms. The molecule has 0 fully saturated rings. The third kappa shape index (κ3) is 4.92. The number of nitrogens with two attached hydrogens (primary N) is 1. The summed E-state index contributed by atoms with van der Waals surface area (Å²) < 4.78 is 28.3. The highest BCUT2D eigenvalue weighted by Crippen LogP contribution is 2.23. The highest BCUT2D eigenvalue weighted by Gasteiger charge is 2.19. The van der Waals surface area contributed by atoms with Crippen LogP contribution in [0.1, 0.15) is 37.4 Å². The van der Waals surface area contributed by atoms with Gasteiger partial charge in [-0.3, -0.25) is 14.3 Å². The molecule has 0 aliphatic rings. The number of benzene rings is 3. The fourth-order valence-corrected chi connectivity index (χ4v) is 4.28. The lowest BCUT2D eigenvalue weighted by molar-refractivity contribution is 0.0997. The molecule has 0 atom stereocenters. The molecule has 4 N–H and O–H groups in total. The van der Waals surface area contributed by atoms with E-state index in [-0.39, 0.29) is 10.5 Å². The largest absolute Gasteiger partial charge is 0.366 e. The molecule has 0 aliphatic carbocycles. The molecule has 7 nitrogen and oxygen atoms in total. The van der Waals surface area contributed by atoms with Crippen molar-refractivity contribution in [1.82, 2.24) is 0 Å². The Kier molecular flexibility index (Phi) is 6.12. The molecule has 0 spiro atoms. The summed E-state index contributed by atoms with van der Waals surface area (Å²) in [6, 6.07) is 16.2. The smallest absolute Gasteiger partial charge is 0.261 e. The van der Waals surface area contributed by atoms with Crippen molar-refractivity contribution in [2.24, 2.45) is 5.73 Å². The second kappa shape index (κ2) is 8.61. The third-order valence-corrected chi connectivity index (χ3v) is 6.27. The Morgan fingerprint density at radius 2 is 1.52 bits per heavy atom. The number of amides is 2.